The van der Waals surface area contributed by atoms with Crippen molar-refractivity contribution < 1.29 is 0 Å². The minimum absolute atomic E-state index is 0.629. The van der Waals surface area contributed by atoms with Crippen LogP contribution in [-0.4, -0.2) is 18.1 Å². The fourth-order valence-corrected chi connectivity index (χ4v) is 1.94. The highest BCUT2D eigenvalue weighted by Crippen LogP contribution is 2.33. The highest BCUT2D eigenvalue weighted by molar-refractivity contribution is 5.11. The van der Waals surface area contributed by atoms with Crippen molar-refractivity contribution in [3.8, 4) is 0 Å². The van der Waals surface area contributed by atoms with E-state index in [1.165, 1.54) is 18.5 Å². The van der Waals surface area contributed by atoms with Crippen LogP contribution in [0.15, 0.2) is 18.2 Å². The van der Waals surface area contributed by atoms with Crippen molar-refractivity contribution in [2.45, 2.75) is 32.2 Å². The van der Waals surface area contributed by atoms with Gasteiger partial charge in [-0.05, 0) is 44.9 Å². The highest BCUT2D eigenvalue weighted by atomic mass is 14.9. The monoisotopic (exact) mass is 190 g/mol. The van der Waals surface area contributed by atoms with Gasteiger partial charge < -0.3 is 5.32 Å². The second-order valence-corrected chi connectivity index (χ2v) is 4.21. The predicted octanol–water partition coefficient (Wildman–Crippen LogP) is 1.93. The summed E-state index contributed by atoms with van der Waals surface area (Å²) in [6.45, 7) is 2.05. The summed E-state index contributed by atoms with van der Waals surface area (Å²) in [5.41, 5.74) is 2.34. The molecule has 0 aromatic carbocycles. The molecule has 0 radical (unpaired) electrons. The Bertz CT molecular complexity index is 305. The molecule has 0 saturated heterocycles. The summed E-state index contributed by atoms with van der Waals surface area (Å²) in [5, 5.41) is 3.39. The number of hydrogen-bond donors (Lipinski definition) is 1. The molecule has 0 amide bonds. The third-order valence-corrected chi connectivity index (χ3v) is 2.94. The third-order valence-electron chi connectivity index (χ3n) is 2.94. The minimum atomic E-state index is 0.629. The van der Waals surface area contributed by atoms with E-state index in [9.17, 15) is 0 Å². The molecule has 0 aliphatic heterocycles. The fourth-order valence-electron chi connectivity index (χ4n) is 1.94. The number of rotatable bonds is 4. The van der Waals surface area contributed by atoms with Crippen molar-refractivity contribution in [2.75, 3.05) is 7.05 Å². The van der Waals surface area contributed by atoms with Gasteiger partial charge in [0.05, 0.1) is 0 Å². The molecule has 14 heavy (non-hydrogen) atoms. The Kier molecular flexibility index (Phi) is 2.82. The fraction of sp³-hybridized carbons (Fsp3) is 0.583. The Morgan fingerprint density at radius 3 is 2.86 bits per heavy atom. The standard InChI is InChI=1S/C12H18N2/c1-9-4-3-5-11(14-9)8-12(13-2)10-6-7-10/h3-5,10,12-13H,6-8H2,1-2H3. The number of aromatic nitrogens is 1. The summed E-state index contributed by atoms with van der Waals surface area (Å²) in [7, 11) is 2.05. The largest absolute Gasteiger partial charge is 0.316 e. The van der Waals surface area contributed by atoms with Crippen LogP contribution in [0, 0.1) is 12.8 Å². The van der Waals surface area contributed by atoms with Gasteiger partial charge in [-0.25, -0.2) is 0 Å². The molecule has 1 aliphatic carbocycles. The first-order chi connectivity index (χ1) is 6.79. The maximum Gasteiger partial charge on any atom is 0.0422 e. The van der Waals surface area contributed by atoms with Crippen LogP contribution in [0.4, 0.5) is 0 Å². The Balaban J connectivity index is 2.01. The topological polar surface area (TPSA) is 24.9 Å². The van der Waals surface area contributed by atoms with Crippen LogP contribution < -0.4 is 5.32 Å². The molecule has 1 N–H and O–H groups in total. The zero-order valence-electron chi connectivity index (χ0n) is 8.96. The molecule has 1 saturated carbocycles. The lowest BCUT2D eigenvalue weighted by atomic mass is 10.1. The van der Waals surface area contributed by atoms with Crippen LogP contribution in [-0.2, 0) is 6.42 Å². The lowest BCUT2D eigenvalue weighted by Gasteiger charge is -2.14. The summed E-state index contributed by atoms with van der Waals surface area (Å²) < 4.78 is 0. The van der Waals surface area contributed by atoms with E-state index in [1.54, 1.807) is 0 Å². The Morgan fingerprint density at radius 2 is 2.29 bits per heavy atom. The van der Waals surface area contributed by atoms with Crippen LogP contribution in [0.2, 0.25) is 0 Å². The molecule has 1 aliphatic rings. The quantitative estimate of drug-likeness (QED) is 0.784. The molecular weight excluding hydrogens is 172 g/mol. The van der Waals surface area contributed by atoms with Crippen molar-refractivity contribution in [1.82, 2.24) is 10.3 Å². The van der Waals surface area contributed by atoms with Gasteiger partial charge in [0.2, 0.25) is 0 Å². The first-order valence-electron chi connectivity index (χ1n) is 5.39. The van der Waals surface area contributed by atoms with Crippen molar-refractivity contribution in [3.63, 3.8) is 0 Å². The summed E-state index contributed by atoms with van der Waals surface area (Å²) >= 11 is 0. The minimum Gasteiger partial charge on any atom is -0.316 e. The molecule has 1 fully saturated rings. The predicted molar refractivity (Wildman–Crippen MR) is 58.2 cm³/mol. The maximum atomic E-state index is 4.53. The number of nitrogens with zero attached hydrogens (tertiary/aromatic N) is 1. The first-order valence-corrected chi connectivity index (χ1v) is 5.39. The summed E-state index contributed by atoms with van der Waals surface area (Å²) in [6.07, 6.45) is 3.84. The number of aryl methyl sites for hydroxylation is 1. The summed E-state index contributed by atoms with van der Waals surface area (Å²) in [6, 6.07) is 6.90. The Labute approximate surface area is 85.7 Å². The molecule has 0 bridgehead atoms. The average molecular weight is 190 g/mol. The van der Waals surface area contributed by atoms with E-state index in [2.05, 4.69) is 42.5 Å². The van der Waals surface area contributed by atoms with Gasteiger partial charge in [0.1, 0.15) is 0 Å². The number of nitrogens with one attached hydrogen (secondary N) is 1. The molecule has 76 valence electrons. The van der Waals surface area contributed by atoms with Gasteiger partial charge in [0.25, 0.3) is 0 Å². The normalized spacial score (nSPS) is 18.1. The molecule has 1 unspecified atom stereocenters. The van der Waals surface area contributed by atoms with Crippen molar-refractivity contribution >= 4 is 0 Å². The second-order valence-electron chi connectivity index (χ2n) is 4.21. The van der Waals surface area contributed by atoms with Crippen LogP contribution >= 0.6 is 0 Å². The van der Waals surface area contributed by atoms with Gasteiger partial charge in [-0.2, -0.15) is 0 Å². The van der Waals surface area contributed by atoms with E-state index in [0.29, 0.717) is 6.04 Å². The average Bonchev–Trinajstić information content (AvgIpc) is 2.97. The van der Waals surface area contributed by atoms with Crippen LogP contribution in [0.25, 0.3) is 0 Å². The van der Waals surface area contributed by atoms with Crippen molar-refractivity contribution in [3.05, 3.63) is 29.6 Å². The van der Waals surface area contributed by atoms with E-state index in [4.69, 9.17) is 0 Å². The number of pyridine rings is 1. The van der Waals surface area contributed by atoms with Gasteiger partial charge in [-0.3, -0.25) is 4.98 Å². The second kappa shape index (κ2) is 4.09. The molecular formula is C12H18N2. The van der Waals surface area contributed by atoms with Gasteiger partial charge in [0, 0.05) is 23.9 Å². The van der Waals surface area contributed by atoms with E-state index in [-0.39, 0.29) is 0 Å². The maximum absolute atomic E-state index is 4.53. The van der Waals surface area contributed by atoms with E-state index in [0.717, 1.165) is 18.0 Å². The zero-order valence-corrected chi connectivity index (χ0v) is 8.96. The SMILES string of the molecule is CNC(Cc1cccc(C)n1)C1CC1. The van der Waals surface area contributed by atoms with Crippen LogP contribution in [0.3, 0.4) is 0 Å². The van der Waals surface area contributed by atoms with Crippen molar-refractivity contribution in [1.29, 1.82) is 0 Å². The molecule has 0 spiro atoms. The molecule has 1 aromatic rings. The first kappa shape index (κ1) is 9.66. The molecule has 1 atom stereocenters. The van der Waals surface area contributed by atoms with Gasteiger partial charge in [-0.15, -0.1) is 0 Å². The molecule has 1 aromatic heterocycles. The van der Waals surface area contributed by atoms with Crippen LogP contribution in [0.5, 0.6) is 0 Å². The van der Waals surface area contributed by atoms with Gasteiger partial charge in [-0.1, -0.05) is 6.07 Å². The molecule has 1 heterocycles. The van der Waals surface area contributed by atoms with Crippen molar-refractivity contribution in [2.24, 2.45) is 5.92 Å². The van der Waals surface area contributed by atoms with Gasteiger partial charge in [0.15, 0.2) is 0 Å². The van der Waals surface area contributed by atoms with Gasteiger partial charge >= 0.3 is 0 Å². The van der Waals surface area contributed by atoms with E-state index in [1.807, 2.05) is 0 Å². The number of hydrogen-bond acceptors (Lipinski definition) is 2. The molecule has 2 heteroatoms. The summed E-state index contributed by atoms with van der Waals surface area (Å²) in [4.78, 5) is 4.53. The Morgan fingerprint density at radius 1 is 1.50 bits per heavy atom. The molecule has 2 rings (SSSR count). The zero-order chi connectivity index (χ0) is 9.97. The van der Waals surface area contributed by atoms with Crippen LogP contribution in [0.1, 0.15) is 24.2 Å². The highest BCUT2D eigenvalue weighted by Gasteiger charge is 2.30. The van der Waals surface area contributed by atoms with E-state index < -0.39 is 0 Å². The van der Waals surface area contributed by atoms with E-state index >= 15 is 0 Å². The lowest BCUT2D eigenvalue weighted by molar-refractivity contribution is 0.495. The smallest absolute Gasteiger partial charge is 0.0422 e. The Hall–Kier alpha value is -0.890. The lowest BCUT2D eigenvalue weighted by Crippen LogP contribution is -2.30. The number of likely N-dealkylation sites (N-methyl/N-ethyl adjacent to an activating group) is 1. The molecule has 2 nitrogen and oxygen atoms in total. The third kappa shape index (κ3) is 2.32. The summed E-state index contributed by atoms with van der Waals surface area (Å²) in [5.74, 6) is 0.891.